The van der Waals surface area contributed by atoms with Crippen molar-refractivity contribution in [3.05, 3.63) is 47.8 Å². The number of aryl methyl sites for hydroxylation is 1. The summed E-state index contributed by atoms with van der Waals surface area (Å²) in [5, 5.41) is 7.91. The van der Waals surface area contributed by atoms with E-state index in [1.54, 1.807) is 0 Å². The van der Waals surface area contributed by atoms with E-state index in [1.165, 1.54) is 16.9 Å². The predicted molar refractivity (Wildman–Crippen MR) is 86.5 cm³/mol. The number of hydrogen-bond acceptors (Lipinski definition) is 3. The topological polar surface area (TPSA) is 33.1 Å². The molecule has 0 unspecified atom stereocenters. The predicted octanol–water partition coefficient (Wildman–Crippen LogP) is 2.35. The largest absolute Gasteiger partial charge is 0.369 e. The molecule has 0 radical (unpaired) electrons. The van der Waals surface area contributed by atoms with Crippen LogP contribution in [0.5, 0.6) is 0 Å². The van der Waals surface area contributed by atoms with E-state index in [2.05, 4.69) is 59.5 Å². The van der Waals surface area contributed by atoms with E-state index in [1.807, 2.05) is 17.9 Å². The molecule has 0 saturated heterocycles. The van der Waals surface area contributed by atoms with Gasteiger partial charge in [-0.25, -0.2) is 0 Å². The lowest BCUT2D eigenvalue weighted by Gasteiger charge is -2.32. The first kappa shape index (κ1) is 14.1. The van der Waals surface area contributed by atoms with Gasteiger partial charge < -0.3 is 10.2 Å². The molecule has 0 aliphatic carbocycles. The van der Waals surface area contributed by atoms with Crippen LogP contribution < -0.4 is 10.2 Å². The van der Waals surface area contributed by atoms with Gasteiger partial charge in [0.2, 0.25) is 0 Å². The minimum Gasteiger partial charge on any atom is -0.369 e. The van der Waals surface area contributed by atoms with Gasteiger partial charge in [0.05, 0.1) is 0 Å². The molecule has 2 heterocycles. The van der Waals surface area contributed by atoms with Crippen LogP contribution in [0.4, 0.5) is 5.69 Å². The Morgan fingerprint density at radius 2 is 2.05 bits per heavy atom. The molecule has 0 fully saturated rings. The number of hydrogen-bond donors (Lipinski definition) is 1. The van der Waals surface area contributed by atoms with Gasteiger partial charge in [0.15, 0.2) is 0 Å². The minimum absolute atomic E-state index is 0.117. The van der Waals surface area contributed by atoms with Crippen LogP contribution in [0.2, 0.25) is 0 Å². The van der Waals surface area contributed by atoms with Crippen molar-refractivity contribution in [1.29, 1.82) is 0 Å². The minimum atomic E-state index is 0.117. The van der Waals surface area contributed by atoms with Crippen LogP contribution in [0.1, 0.15) is 25.1 Å². The molecule has 0 saturated carbocycles. The second-order valence-electron chi connectivity index (χ2n) is 6.48. The average Bonchev–Trinajstić information content (AvgIpc) is 2.81. The second kappa shape index (κ2) is 5.53. The monoisotopic (exact) mass is 284 g/mol. The van der Waals surface area contributed by atoms with Gasteiger partial charge in [-0.2, -0.15) is 5.10 Å². The fraction of sp³-hybridized carbons (Fsp3) is 0.471. The van der Waals surface area contributed by atoms with Crippen molar-refractivity contribution in [3.8, 4) is 0 Å². The summed E-state index contributed by atoms with van der Waals surface area (Å²) < 4.78 is 1.97. The summed E-state index contributed by atoms with van der Waals surface area (Å²) in [6, 6.07) is 10.8. The average molecular weight is 284 g/mol. The van der Waals surface area contributed by atoms with Gasteiger partial charge in [0.25, 0.3) is 0 Å². The lowest BCUT2D eigenvalue weighted by atomic mass is 10.1. The van der Waals surface area contributed by atoms with Crippen molar-refractivity contribution in [2.24, 2.45) is 7.05 Å². The van der Waals surface area contributed by atoms with Crippen molar-refractivity contribution < 1.29 is 0 Å². The third-order valence-electron chi connectivity index (χ3n) is 4.24. The maximum Gasteiger partial charge on any atom is 0.0492 e. The normalized spacial score (nSPS) is 17.4. The molecule has 0 atom stereocenters. The zero-order valence-corrected chi connectivity index (χ0v) is 13.1. The first-order valence-electron chi connectivity index (χ1n) is 7.60. The van der Waals surface area contributed by atoms with Crippen LogP contribution in [0, 0.1) is 0 Å². The smallest absolute Gasteiger partial charge is 0.0492 e. The summed E-state index contributed by atoms with van der Waals surface area (Å²) in [6.07, 6.45) is 2.89. The second-order valence-corrected chi connectivity index (χ2v) is 6.48. The number of rotatable bonds is 3. The molecule has 1 aromatic heterocycles. The molecule has 112 valence electrons. The first-order chi connectivity index (χ1) is 10.1. The summed E-state index contributed by atoms with van der Waals surface area (Å²) in [5.74, 6) is 0. The molecule has 4 heteroatoms. The number of benzene rings is 1. The van der Waals surface area contributed by atoms with E-state index < -0.39 is 0 Å². The molecule has 1 aliphatic rings. The summed E-state index contributed by atoms with van der Waals surface area (Å²) in [7, 11) is 2.01. The lowest BCUT2D eigenvalue weighted by molar-refractivity contribution is 0.395. The maximum atomic E-state index is 4.26. The van der Waals surface area contributed by atoms with Gasteiger partial charge in [-0.15, -0.1) is 0 Å². The van der Waals surface area contributed by atoms with Crippen molar-refractivity contribution in [2.45, 2.75) is 32.4 Å². The summed E-state index contributed by atoms with van der Waals surface area (Å²) >= 11 is 0. The van der Waals surface area contributed by atoms with Gasteiger partial charge >= 0.3 is 0 Å². The van der Waals surface area contributed by atoms with Crippen LogP contribution >= 0.6 is 0 Å². The van der Waals surface area contributed by atoms with Crippen molar-refractivity contribution in [3.63, 3.8) is 0 Å². The summed E-state index contributed by atoms with van der Waals surface area (Å²) in [5.41, 5.74) is 4.14. The Kier molecular flexibility index (Phi) is 3.72. The first-order valence-corrected chi connectivity index (χ1v) is 7.60. The number of nitrogens with zero attached hydrogens (tertiary/aromatic N) is 3. The Balaban J connectivity index is 1.82. The molecular formula is C17H24N4. The van der Waals surface area contributed by atoms with Crippen LogP contribution in [0.3, 0.4) is 0 Å². The van der Waals surface area contributed by atoms with E-state index in [4.69, 9.17) is 0 Å². The van der Waals surface area contributed by atoms with Gasteiger partial charge in [0.1, 0.15) is 0 Å². The van der Waals surface area contributed by atoms with Crippen molar-refractivity contribution >= 4 is 5.69 Å². The van der Waals surface area contributed by atoms with E-state index in [-0.39, 0.29) is 5.54 Å². The van der Waals surface area contributed by atoms with E-state index >= 15 is 0 Å². The molecular weight excluding hydrogens is 260 g/mol. The van der Waals surface area contributed by atoms with E-state index in [0.717, 1.165) is 26.1 Å². The highest BCUT2D eigenvalue weighted by atomic mass is 15.3. The fourth-order valence-corrected chi connectivity index (χ4v) is 3.02. The Hall–Kier alpha value is -1.81. The SMILES string of the molecule is Cn1nccc1CCN1CC(C)(C)NCc2ccccc21. The molecule has 2 aromatic rings. The molecule has 1 aliphatic heterocycles. The third-order valence-corrected chi connectivity index (χ3v) is 4.24. The Labute approximate surface area is 126 Å². The number of fused-ring (bicyclic) bond motifs is 1. The highest BCUT2D eigenvalue weighted by molar-refractivity contribution is 5.55. The molecule has 3 rings (SSSR count). The van der Waals surface area contributed by atoms with Crippen LogP contribution in [-0.2, 0) is 20.0 Å². The Bertz CT molecular complexity index is 615. The molecule has 21 heavy (non-hydrogen) atoms. The zero-order chi connectivity index (χ0) is 14.9. The highest BCUT2D eigenvalue weighted by Crippen LogP contribution is 2.26. The van der Waals surface area contributed by atoms with Crippen LogP contribution in [-0.4, -0.2) is 28.4 Å². The molecule has 4 nitrogen and oxygen atoms in total. The lowest BCUT2D eigenvalue weighted by Crippen LogP contribution is -2.47. The van der Waals surface area contributed by atoms with E-state index in [9.17, 15) is 0 Å². The molecule has 1 aromatic carbocycles. The fourth-order valence-electron chi connectivity index (χ4n) is 3.02. The molecule has 1 N–H and O–H groups in total. The van der Waals surface area contributed by atoms with Gasteiger partial charge in [0, 0.05) is 56.2 Å². The number of para-hydroxylation sites is 1. The van der Waals surface area contributed by atoms with Gasteiger partial charge in [-0.05, 0) is 31.5 Å². The maximum absolute atomic E-state index is 4.26. The van der Waals surface area contributed by atoms with Gasteiger partial charge in [-0.3, -0.25) is 4.68 Å². The number of nitrogens with one attached hydrogen (secondary N) is 1. The molecule has 0 bridgehead atoms. The van der Waals surface area contributed by atoms with Crippen LogP contribution in [0.25, 0.3) is 0 Å². The Morgan fingerprint density at radius 1 is 1.24 bits per heavy atom. The van der Waals surface area contributed by atoms with Crippen molar-refractivity contribution in [2.75, 3.05) is 18.0 Å². The molecule has 0 spiro atoms. The van der Waals surface area contributed by atoms with Crippen LogP contribution in [0.15, 0.2) is 36.5 Å². The number of anilines is 1. The summed E-state index contributed by atoms with van der Waals surface area (Å²) in [4.78, 5) is 2.50. The third kappa shape index (κ3) is 3.10. The van der Waals surface area contributed by atoms with E-state index in [0.29, 0.717) is 0 Å². The highest BCUT2D eigenvalue weighted by Gasteiger charge is 2.26. The Morgan fingerprint density at radius 3 is 2.81 bits per heavy atom. The summed E-state index contributed by atoms with van der Waals surface area (Å²) in [6.45, 7) is 7.51. The number of aromatic nitrogens is 2. The quantitative estimate of drug-likeness (QED) is 0.939. The van der Waals surface area contributed by atoms with Gasteiger partial charge in [-0.1, -0.05) is 18.2 Å². The van der Waals surface area contributed by atoms with Crippen molar-refractivity contribution in [1.82, 2.24) is 15.1 Å². The standard InChI is InChI=1S/C17H24N4/c1-17(2)13-21(11-9-15-8-10-19-20(15)3)16-7-5-4-6-14(16)12-18-17/h4-8,10,18H,9,11-13H2,1-3H3. The molecule has 0 amide bonds. The zero-order valence-electron chi connectivity index (χ0n) is 13.1.